The van der Waals surface area contributed by atoms with Gasteiger partial charge in [0.05, 0.1) is 19.3 Å². The molecule has 1 fully saturated rings. The van der Waals surface area contributed by atoms with Gasteiger partial charge in [-0.3, -0.25) is 0 Å². The Morgan fingerprint density at radius 2 is 1.81 bits per heavy atom. The standard InChI is InChI=1S/C23H32N4O3.HI/c1-3-24-23(27-18-5-7-19(28)8-6-18)26-16-17-13-14-25-22(15-17)30-21-11-9-20(10-12-21)29-4-2;/h9-15,18-19,28H,3-8,16H2,1-2H3,(H2,24,26,27);1H. The van der Waals surface area contributed by atoms with Crippen molar-refractivity contribution in [1.29, 1.82) is 0 Å². The van der Waals surface area contributed by atoms with Gasteiger partial charge in [0.25, 0.3) is 0 Å². The Morgan fingerprint density at radius 1 is 1.10 bits per heavy atom. The fraction of sp³-hybridized carbons (Fsp3) is 0.478. The Balaban J connectivity index is 0.00000341. The molecule has 0 aliphatic heterocycles. The SMILES string of the molecule is CCNC(=NCc1ccnc(Oc2ccc(OCC)cc2)c1)NC1CCC(O)CC1.I. The predicted molar refractivity (Wildman–Crippen MR) is 134 cm³/mol. The molecule has 3 rings (SSSR count). The van der Waals surface area contributed by atoms with Gasteiger partial charge in [0.2, 0.25) is 5.88 Å². The Bertz CT molecular complexity index is 809. The van der Waals surface area contributed by atoms with Crippen LogP contribution >= 0.6 is 24.0 Å². The summed E-state index contributed by atoms with van der Waals surface area (Å²) < 4.78 is 11.3. The third-order valence-electron chi connectivity index (χ3n) is 4.96. The molecule has 1 aliphatic carbocycles. The molecule has 0 bridgehead atoms. The highest BCUT2D eigenvalue weighted by atomic mass is 127. The maximum atomic E-state index is 9.69. The van der Waals surface area contributed by atoms with E-state index < -0.39 is 0 Å². The number of hydrogen-bond acceptors (Lipinski definition) is 5. The molecule has 0 atom stereocenters. The Morgan fingerprint density at radius 3 is 2.48 bits per heavy atom. The average molecular weight is 540 g/mol. The topological polar surface area (TPSA) is 88.0 Å². The second-order valence-corrected chi connectivity index (χ2v) is 7.35. The van der Waals surface area contributed by atoms with Crippen molar-refractivity contribution in [3.05, 3.63) is 48.2 Å². The van der Waals surface area contributed by atoms with Gasteiger partial charge in [-0.15, -0.1) is 24.0 Å². The van der Waals surface area contributed by atoms with Crippen molar-refractivity contribution in [3.8, 4) is 17.4 Å². The third-order valence-corrected chi connectivity index (χ3v) is 4.96. The number of nitrogens with one attached hydrogen (secondary N) is 2. The molecule has 8 heteroatoms. The fourth-order valence-electron chi connectivity index (χ4n) is 3.40. The summed E-state index contributed by atoms with van der Waals surface area (Å²) in [6.45, 7) is 5.96. The molecular weight excluding hydrogens is 507 g/mol. The van der Waals surface area contributed by atoms with Crippen molar-refractivity contribution in [3.63, 3.8) is 0 Å². The van der Waals surface area contributed by atoms with E-state index >= 15 is 0 Å². The lowest BCUT2D eigenvalue weighted by molar-refractivity contribution is 0.120. The van der Waals surface area contributed by atoms with Gasteiger partial charge in [-0.1, -0.05) is 0 Å². The summed E-state index contributed by atoms with van der Waals surface area (Å²) in [5.74, 6) is 2.86. The first-order valence-corrected chi connectivity index (χ1v) is 10.7. The number of aliphatic hydroxyl groups excluding tert-OH is 1. The van der Waals surface area contributed by atoms with Crippen LogP contribution in [0.3, 0.4) is 0 Å². The lowest BCUT2D eigenvalue weighted by Gasteiger charge is -2.27. The minimum Gasteiger partial charge on any atom is -0.494 e. The van der Waals surface area contributed by atoms with Crippen LogP contribution in [0.1, 0.15) is 45.1 Å². The molecule has 7 nitrogen and oxygen atoms in total. The molecule has 1 aromatic heterocycles. The molecule has 31 heavy (non-hydrogen) atoms. The summed E-state index contributed by atoms with van der Waals surface area (Å²) in [4.78, 5) is 9.01. The zero-order valence-electron chi connectivity index (χ0n) is 18.2. The molecular formula is C23H33IN4O3. The maximum absolute atomic E-state index is 9.69. The summed E-state index contributed by atoms with van der Waals surface area (Å²) in [6.07, 6.45) is 5.18. The number of halogens is 1. The number of hydrogen-bond donors (Lipinski definition) is 3. The summed E-state index contributed by atoms with van der Waals surface area (Å²) in [5.41, 5.74) is 1.02. The molecule has 1 saturated carbocycles. The smallest absolute Gasteiger partial charge is 0.219 e. The number of aliphatic imine (C=N–C) groups is 1. The Hall–Kier alpha value is -2.07. The van der Waals surface area contributed by atoms with Crippen LogP contribution in [0.4, 0.5) is 0 Å². The number of nitrogens with zero attached hydrogens (tertiary/aromatic N) is 2. The van der Waals surface area contributed by atoms with Gasteiger partial charge < -0.3 is 25.2 Å². The van der Waals surface area contributed by atoms with Crippen LogP contribution in [0, 0.1) is 0 Å². The van der Waals surface area contributed by atoms with Crippen LogP contribution in [0.25, 0.3) is 0 Å². The van der Waals surface area contributed by atoms with Gasteiger partial charge in [0.15, 0.2) is 5.96 Å². The highest BCUT2D eigenvalue weighted by Gasteiger charge is 2.19. The van der Waals surface area contributed by atoms with E-state index in [1.54, 1.807) is 6.20 Å². The average Bonchev–Trinajstić information content (AvgIpc) is 2.76. The monoisotopic (exact) mass is 540 g/mol. The number of guanidine groups is 1. The first-order chi connectivity index (χ1) is 14.7. The fourth-order valence-corrected chi connectivity index (χ4v) is 3.40. The molecule has 1 aromatic carbocycles. The highest BCUT2D eigenvalue weighted by Crippen LogP contribution is 2.23. The van der Waals surface area contributed by atoms with Crippen LogP contribution in [-0.2, 0) is 6.54 Å². The zero-order valence-corrected chi connectivity index (χ0v) is 20.5. The minimum atomic E-state index is -0.159. The molecule has 0 saturated heterocycles. The van der Waals surface area contributed by atoms with Crippen LogP contribution in [-0.4, -0.2) is 41.3 Å². The van der Waals surface area contributed by atoms with Crippen LogP contribution < -0.4 is 20.1 Å². The number of aliphatic hydroxyl groups is 1. The number of benzene rings is 1. The predicted octanol–water partition coefficient (Wildman–Crippen LogP) is 4.25. The van der Waals surface area contributed by atoms with Crippen molar-refractivity contribution >= 4 is 29.9 Å². The van der Waals surface area contributed by atoms with Crippen molar-refractivity contribution < 1.29 is 14.6 Å². The third kappa shape index (κ3) is 8.53. The molecule has 0 spiro atoms. The van der Waals surface area contributed by atoms with Crippen LogP contribution in [0.2, 0.25) is 0 Å². The summed E-state index contributed by atoms with van der Waals surface area (Å²) in [6, 6.07) is 11.7. The van der Waals surface area contributed by atoms with E-state index in [1.165, 1.54) is 0 Å². The summed E-state index contributed by atoms with van der Waals surface area (Å²) >= 11 is 0. The van der Waals surface area contributed by atoms with Crippen molar-refractivity contribution in [2.45, 2.75) is 58.2 Å². The van der Waals surface area contributed by atoms with E-state index in [2.05, 4.69) is 22.5 Å². The van der Waals surface area contributed by atoms with E-state index in [9.17, 15) is 5.11 Å². The summed E-state index contributed by atoms with van der Waals surface area (Å²) in [7, 11) is 0. The minimum absolute atomic E-state index is 0. The highest BCUT2D eigenvalue weighted by molar-refractivity contribution is 14.0. The second kappa shape index (κ2) is 13.4. The largest absolute Gasteiger partial charge is 0.494 e. The lowest BCUT2D eigenvalue weighted by atomic mass is 9.93. The number of pyridine rings is 1. The van der Waals surface area contributed by atoms with Gasteiger partial charge in [-0.05, 0) is 75.4 Å². The maximum Gasteiger partial charge on any atom is 0.219 e. The Kier molecular flexibility index (Phi) is 10.9. The van der Waals surface area contributed by atoms with Crippen LogP contribution in [0.5, 0.6) is 17.4 Å². The zero-order chi connectivity index (χ0) is 21.2. The lowest BCUT2D eigenvalue weighted by Crippen LogP contribution is -2.45. The number of aromatic nitrogens is 1. The van der Waals surface area contributed by atoms with E-state index in [-0.39, 0.29) is 30.1 Å². The van der Waals surface area contributed by atoms with E-state index in [4.69, 9.17) is 14.5 Å². The molecule has 1 aliphatic rings. The second-order valence-electron chi connectivity index (χ2n) is 7.35. The van der Waals surface area contributed by atoms with Crippen LogP contribution in [0.15, 0.2) is 47.6 Å². The van der Waals surface area contributed by atoms with Gasteiger partial charge in [0.1, 0.15) is 11.5 Å². The van der Waals surface area contributed by atoms with Gasteiger partial charge in [0, 0.05) is 24.8 Å². The molecule has 2 aromatic rings. The number of rotatable bonds is 8. The van der Waals surface area contributed by atoms with Crippen molar-refractivity contribution in [2.75, 3.05) is 13.2 Å². The van der Waals surface area contributed by atoms with Gasteiger partial charge >= 0.3 is 0 Å². The molecule has 1 heterocycles. The quantitative estimate of drug-likeness (QED) is 0.264. The molecule has 0 amide bonds. The van der Waals surface area contributed by atoms with Gasteiger partial charge in [-0.25, -0.2) is 9.98 Å². The molecule has 0 unspecified atom stereocenters. The normalized spacial score (nSPS) is 18.6. The van der Waals surface area contributed by atoms with Crippen molar-refractivity contribution in [1.82, 2.24) is 15.6 Å². The van der Waals surface area contributed by atoms with E-state index in [0.29, 0.717) is 30.8 Å². The van der Waals surface area contributed by atoms with Crippen molar-refractivity contribution in [2.24, 2.45) is 4.99 Å². The molecule has 3 N–H and O–H groups in total. The first-order valence-electron chi connectivity index (χ1n) is 10.7. The Labute approximate surface area is 201 Å². The molecule has 0 radical (unpaired) electrons. The van der Waals surface area contributed by atoms with E-state index in [1.807, 2.05) is 43.3 Å². The van der Waals surface area contributed by atoms with Gasteiger partial charge in [-0.2, -0.15) is 0 Å². The summed E-state index contributed by atoms with van der Waals surface area (Å²) in [5, 5.41) is 16.5. The number of ether oxygens (including phenoxy) is 2. The first kappa shape index (κ1) is 25.2. The molecule has 170 valence electrons. The van der Waals surface area contributed by atoms with E-state index in [0.717, 1.165) is 49.5 Å².